The van der Waals surface area contributed by atoms with Crippen molar-refractivity contribution >= 4 is 0 Å². The molecule has 20 heavy (non-hydrogen) atoms. The fourth-order valence-corrected chi connectivity index (χ4v) is 1.88. The zero-order chi connectivity index (χ0) is 14.4. The van der Waals surface area contributed by atoms with Gasteiger partial charge >= 0.3 is 0 Å². The first kappa shape index (κ1) is 14.4. The smallest absolute Gasteiger partial charge is 0.125 e. The van der Waals surface area contributed by atoms with Crippen molar-refractivity contribution in [2.75, 3.05) is 13.7 Å². The molecule has 0 fully saturated rings. The van der Waals surface area contributed by atoms with Crippen molar-refractivity contribution in [3.8, 4) is 5.75 Å². The number of ether oxygens (including phenoxy) is 1. The molecule has 1 atom stereocenters. The Morgan fingerprint density at radius 3 is 2.65 bits per heavy atom. The maximum absolute atomic E-state index is 10.1. The van der Waals surface area contributed by atoms with Gasteiger partial charge in [-0.3, -0.25) is 0 Å². The van der Waals surface area contributed by atoms with Crippen molar-refractivity contribution < 1.29 is 9.84 Å². The van der Waals surface area contributed by atoms with Crippen molar-refractivity contribution in [2.24, 2.45) is 0 Å². The second-order valence-electron chi connectivity index (χ2n) is 4.52. The Morgan fingerprint density at radius 1 is 1.25 bits per heavy atom. The molecule has 0 aliphatic rings. The minimum atomic E-state index is -0.552. The third-order valence-corrected chi connectivity index (χ3v) is 2.98. The second kappa shape index (κ2) is 6.98. The lowest BCUT2D eigenvalue weighted by Crippen LogP contribution is -2.21. The highest BCUT2D eigenvalue weighted by molar-refractivity contribution is 5.28. The molecule has 0 bridgehead atoms. The van der Waals surface area contributed by atoms with Gasteiger partial charge in [0, 0.05) is 19.3 Å². The van der Waals surface area contributed by atoms with Crippen molar-refractivity contribution in [3.63, 3.8) is 0 Å². The van der Waals surface area contributed by atoms with E-state index in [9.17, 15) is 5.11 Å². The maximum atomic E-state index is 10.1. The van der Waals surface area contributed by atoms with Gasteiger partial charge in [0.05, 0.1) is 18.9 Å². The van der Waals surface area contributed by atoms with Crippen LogP contribution < -0.4 is 10.1 Å². The van der Waals surface area contributed by atoms with Gasteiger partial charge in [0.2, 0.25) is 0 Å². The zero-order valence-corrected chi connectivity index (χ0v) is 11.7. The van der Waals surface area contributed by atoms with Crippen LogP contribution >= 0.6 is 0 Å². The molecule has 0 aliphatic heterocycles. The molecule has 0 saturated heterocycles. The molecule has 0 aliphatic carbocycles. The first-order valence-electron chi connectivity index (χ1n) is 6.50. The SMILES string of the molecule is COc1ccc(C(O)CNCc2ccnc(C)n2)cc1. The summed E-state index contributed by atoms with van der Waals surface area (Å²) in [5.74, 6) is 1.53. The summed E-state index contributed by atoms with van der Waals surface area (Å²) in [5.41, 5.74) is 1.77. The first-order valence-corrected chi connectivity index (χ1v) is 6.50. The van der Waals surface area contributed by atoms with Crippen LogP contribution in [0.2, 0.25) is 0 Å². The molecule has 0 amide bonds. The Kier molecular flexibility index (Phi) is 5.03. The van der Waals surface area contributed by atoms with E-state index in [4.69, 9.17) is 4.74 Å². The van der Waals surface area contributed by atoms with Gasteiger partial charge in [-0.15, -0.1) is 0 Å². The molecule has 106 valence electrons. The Hall–Kier alpha value is -1.98. The molecule has 5 nitrogen and oxygen atoms in total. The minimum absolute atomic E-state index is 0.468. The van der Waals surface area contributed by atoms with Crippen molar-refractivity contribution in [3.05, 3.63) is 53.6 Å². The van der Waals surface area contributed by atoms with Crippen LogP contribution in [0.25, 0.3) is 0 Å². The number of hydrogen-bond donors (Lipinski definition) is 2. The summed E-state index contributed by atoms with van der Waals surface area (Å²) in [6.07, 6.45) is 1.18. The minimum Gasteiger partial charge on any atom is -0.497 e. The topological polar surface area (TPSA) is 67.3 Å². The van der Waals surface area contributed by atoms with Gasteiger partial charge in [0.25, 0.3) is 0 Å². The Balaban J connectivity index is 1.83. The number of aryl methyl sites for hydroxylation is 1. The number of aliphatic hydroxyl groups is 1. The van der Waals surface area contributed by atoms with Gasteiger partial charge in [-0.05, 0) is 30.7 Å². The molecule has 0 spiro atoms. The predicted molar refractivity (Wildman–Crippen MR) is 76.4 cm³/mol. The Labute approximate surface area is 118 Å². The molecule has 1 heterocycles. The molecule has 2 rings (SSSR count). The van der Waals surface area contributed by atoms with Crippen LogP contribution in [-0.4, -0.2) is 28.7 Å². The largest absolute Gasteiger partial charge is 0.497 e. The van der Waals surface area contributed by atoms with E-state index >= 15 is 0 Å². The van der Waals surface area contributed by atoms with E-state index in [2.05, 4.69) is 15.3 Å². The number of aliphatic hydroxyl groups excluding tert-OH is 1. The second-order valence-corrected chi connectivity index (χ2v) is 4.52. The highest BCUT2D eigenvalue weighted by Crippen LogP contribution is 2.16. The van der Waals surface area contributed by atoms with E-state index in [1.165, 1.54) is 0 Å². The molecule has 2 N–H and O–H groups in total. The lowest BCUT2D eigenvalue weighted by molar-refractivity contribution is 0.174. The number of aromatic nitrogens is 2. The zero-order valence-electron chi connectivity index (χ0n) is 11.7. The number of methoxy groups -OCH3 is 1. The highest BCUT2D eigenvalue weighted by Gasteiger charge is 2.07. The van der Waals surface area contributed by atoms with Gasteiger partial charge in [-0.1, -0.05) is 12.1 Å². The molecule has 0 saturated carbocycles. The van der Waals surface area contributed by atoms with Gasteiger partial charge < -0.3 is 15.2 Å². The monoisotopic (exact) mass is 273 g/mol. The number of benzene rings is 1. The van der Waals surface area contributed by atoms with E-state index < -0.39 is 6.10 Å². The van der Waals surface area contributed by atoms with Crippen LogP contribution in [0, 0.1) is 6.92 Å². The van der Waals surface area contributed by atoms with E-state index in [-0.39, 0.29) is 0 Å². The fourth-order valence-electron chi connectivity index (χ4n) is 1.88. The average Bonchev–Trinajstić information content (AvgIpc) is 2.47. The molecule has 1 aromatic heterocycles. The van der Waals surface area contributed by atoms with Crippen LogP contribution in [-0.2, 0) is 6.54 Å². The number of rotatable bonds is 6. The predicted octanol–water partition coefficient (Wildman–Crippen LogP) is 1.62. The summed E-state index contributed by atoms with van der Waals surface area (Å²) in [6, 6.07) is 9.26. The summed E-state index contributed by atoms with van der Waals surface area (Å²) in [5, 5.41) is 13.3. The maximum Gasteiger partial charge on any atom is 0.125 e. The summed E-state index contributed by atoms with van der Waals surface area (Å²) < 4.78 is 5.09. The van der Waals surface area contributed by atoms with Crippen molar-refractivity contribution in [1.29, 1.82) is 0 Å². The molecule has 5 heteroatoms. The quantitative estimate of drug-likeness (QED) is 0.837. The molecular formula is C15H19N3O2. The van der Waals surface area contributed by atoms with E-state index in [0.29, 0.717) is 13.1 Å². The lowest BCUT2D eigenvalue weighted by Gasteiger charge is -2.12. The van der Waals surface area contributed by atoms with Gasteiger partial charge in [0.1, 0.15) is 11.6 Å². The third kappa shape index (κ3) is 4.01. The van der Waals surface area contributed by atoms with E-state index in [1.807, 2.05) is 37.3 Å². The van der Waals surface area contributed by atoms with Crippen LogP contribution in [0.5, 0.6) is 5.75 Å². The molecule has 1 aromatic carbocycles. The summed E-state index contributed by atoms with van der Waals surface area (Å²) in [6.45, 7) is 2.93. The van der Waals surface area contributed by atoms with E-state index in [0.717, 1.165) is 22.8 Å². The summed E-state index contributed by atoms with van der Waals surface area (Å²) in [4.78, 5) is 8.34. The standard InChI is InChI=1S/C15H19N3O2/c1-11-17-8-7-13(18-11)9-16-10-15(19)12-3-5-14(20-2)6-4-12/h3-8,15-16,19H,9-10H2,1-2H3. The lowest BCUT2D eigenvalue weighted by atomic mass is 10.1. The normalized spacial score (nSPS) is 12.2. The average molecular weight is 273 g/mol. The van der Waals surface area contributed by atoms with Crippen LogP contribution in [0.4, 0.5) is 0 Å². The molecule has 0 radical (unpaired) electrons. The highest BCUT2D eigenvalue weighted by atomic mass is 16.5. The van der Waals surface area contributed by atoms with Gasteiger partial charge in [-0.2, -0.15) is 0 Å². The van der Waals surface area contributed by atoms with Crippen molar-refractivity contribution in [2.45, 2.75) is 19.6 Å². The number of nitrogens with one attached hydrogen (secondary N) is 1. The molecule has 1 unspecified atom stereocenters. The number of hydrogen-bond acceptors (Lipinski definition) is 5. The molecular weight excluding hydrogens is 254 g/mol. The van der Waals surface area contributed by atoms with E-state index in [1.54, 1.807) is 13.3 Å². The Morgan fingerprint density at radius 2 is 2.00 bits per heavy atom. The first-order chi connectivity index (χ1) is 9.69. The van der Waals surface area contributed by atoms with Crippen LogP contribution in [0.15, 0.2) is 36.5 Å². The number of nitrogens with zero attached hydrogens (tertiary/aromatic N) is 2. The Bertz CT molecular complexity index is 543. The third-order valence-electron chi connectivity index (χ3n) is 2.98. The van der Waals surface area contributed by atoms with Crippen LogP contribution in [0.1, 0.15) is 23.2 Å². The van der Waals surface area contributed by atoms with Gasteiger partial charge in [-0.25, -0.2) is 9.97 Å². The summed E-state index contributed by atoms with van der Waals surface area (Å²) in [7, 11) is 1.62. The van der Waals surface area contributed by atoms with Crippen LogP contribution in [0.3, 0.4) is 0 Å². The molecule has 2 aromatic rings. The summed E-state index contributed by atoms with van der Waals surface area (Å²) >= 11 is 0. The van der Waals surface area contributed by atoms with Gasteiger partial charge in [0.15, 0.2) is 0 Å². The fraction of sp³-hybridized carbons (Fsp3) is 0.333. The van der Waals surface area contributed by atoms with Crippen molar-refractivity contribution in [1.82, 2.24) is 15.3 Å².